The van der Waals surface area contributed by atoms with Crippen molar-refractivity contribution in [2.45, 2.75) is 13.0 Å². The zero-order valence-corrected chi connectivity index (χ0v) is 14.3. The number of nitrogens with one attached hydrogen (secondary N) is 1. The molecule has 1 amide bonds. The topological polar surface area (TPSA) is 77.6 Å². The summed E-state index contributed by atoms with van der Waals surface area (Å²) in [6, 6.07) is 15.8. The van der Waals surface area contributed by atoms with Gasteiger partial charge in [-0.15, -0.1) is 0 Å². The lowest BCUT2D eigenvalue weighted by atomic mass is 10.2. The predicted molar refractivity (Wildman–Crippen MR) is 99.4 cm³/mol. The molecule has 0 bridgehead atoms. The van der Waals surface area contributed by atoms with Gasteiger partial charge in [-0.05, 0) is 36.4 Å². The summed E-state index contributed by atoms with van der Waals surface area (Å²) in [5.74, 6) is 0.839. The summed E-state index contributed by atoms with van der Waals surface area (Å²) in [5, 5.41) is 6.88. The minimum Gasteiger partial charge on any atom is -0.327 e. The van der Waals surface area contributed by atoms with E-state index in [0.717, 1.165) is 28.1 Å². The molecular weight excluding hydrogens is 328 g/mol. The van der Waals surface area contributed by atoms with Crippen LogP contribution in [0.1, 0.15) is 6.42 Å². The Labute approximate surface area is 150 Å². The molecule has 0 fully saturated rings. The van der Waals surface area contributed by atoms with E-state index in [0.29, 0.717) is 13.0 Å². The van der Waals surface area contributed by atoms with Gasteiger partial charge in [-0.3, -0.25) is 9.48 Å². The van der Waals surface area contributed by atoms with Gasteiger partial charge in [-0.25, -0.2) is 9.97 Å². The van der Waals surface area contributed by atoms with E-state index in [1.54, 1.807) is 11.0 Å². The van der Waals surface area contributed by atoms with Gasteiger partial charge in [0, 0.05) is 24.7 Å². The van der Waals surface area contributed by atoms with Crippen LogP contribution in [0, 0.1) is 0 Å². The first-order chi connectivity index (χ1) is 12.7. The molecule has 2 heterocycles. The molecule has 0 unspecified atom stereocenters. The second-order valence-electron chi connectivity index (χ2n) is 6.02. The number of carbonyl (C=O) groups is 1. The lowest BCUT2D eigenvalue weighted by Crippen LogP contribution is -2.14. The molecule has 0 atom stereocenters. The number of carbonyl (C=O) groups excluding carboxylic acids is 1. The molecule has 0 aliphatic carbocycles. The maximum Gasteiger partial charge on any atom is 0.226 e. The highest BCUT2D eigenvalue weighted by molar-refractivity contribution is 5.91. The van der Waals surface area contributed by atoms with Crippen molar-refractivity contribution in [3.63, 3.8) is 0 Å². The number of rotatable bonds is 5. The molecule has 0 saturated heterocycles. The average Bonchev–Trinajstić information content (AvgIpc) is 3.29. The number of anilines is 1. The first kappa shape index (κ1) is 16.0. The predicted octanol–water partition coefficient (Wildman–Crippen LogP) is 2.86. The number of aryl methyl sites for hydroxylation is 2. The Kier molecular flexibility index (Phi) is 4.18. The maximum absolute atomic E-state index is 12.0. The van der Waals surface area contributed by atoms with Gasteiger partial charge >= 0.3 is 0 Å². The van der Waals surface area contributed by atoms with Crippen molar-refractivity contribution in [3.8, 4) is 11.4 Å². The molecular formula is C19H18N6O. The van der Waals surface area contributed by atoms with E-state index in [1.165, 1.54) is 6.33 Å². The number of benzene rings is 2. The highest BCUT2D eigenvalue weighted by Gasteiger charge is 2.10. The Bertz CT molecular complexity index is 1030. The van der Waals surface area contributed by atoms with Crippen LogP contribution in [-0.2, 0) is 18.4 Å². The van der Waals surface area contributed by atoms with Crippen LogP contribution in [0.2, 0.25) is 0 Å². The van der Waals surface area contributed by atoms with Crippen LogP contribution in [0.5, 0.6) is 0 Å². The molecule has 0 aliphatic rings. The third-order valence-corrected chi connectivity index (χ3v) is 4.25. The molecule has 7 nitrogen and oxygen atoms in total. The van der Waals surface area contributed by atoms with Gasteiger partial charge in [-0.1, -0.05) is 12.1 Å². The monoisotopic (exact) mass is 346 g/mol. The first-order valence-corrected chi connectivity index (χ1v) is 8.35. The molecule has 2 aromatic heterocycles. The molecule has 130 valence electrons. The summed E-state index contributed by atoms with van der Waals surface area (Å²) in [6.07, 6.45) is 3.40. The SMILES string of the molecule is Cn1c(-c2ccc(NC(=O)CCn3cncn3)cc2)nc2ccccc21. The number of aromatic nitrogens is 5. The molecule has 4 rings (SSSR count). The van der Waals surface area contributed by atoms with Gasteiger partial charge in [0.05, 0.1) is 17.6 Å². The van der Waals surface area contributed by atoms with E-state index in [2.05, 4.69) is 26.0 Å². The van der Waals surface area contributed by atoms with E-state index in [-0.39, 0.29) is 5.91 Å². The summed E-state index contributed by atoms with van der Waals surface area (Å²) in [7, 11) is 2.00. The third-order valence-electron chi connectivity index (χ3n) is 4.25. The molecule has 0 aliphatic heterocycles. The van der Waals surface area contributed by atoms with Crippen molar-refractivity contribution >= 4 is 22.6 Å². The van der Waals surface area contributed by atoms with Crippen LogP contribution in [-0.4, -0.2) is 30.2 Å². The Hall–Kier alpha value is -3.48. The Morgan fingerprint density at radius 3 is 2.65 bits per heavy atom. The molecule has 7 heteroatoms. The highest BCUT2D eigenvalue weighted by atomic mass is 16.1. The van der Waals surface area contributed by atoms with Gasteiger partial charge in [0.15, 0.2) is 0 Å². The largest absolute Gasteiger partial charge is 0.327 e. The smallest absolute Gasteiger partial charge is 0.226 e. The van der Waals surface area contributed by atoms with Gasteiger partial charge in [0.1, 0.15) is 18.5 Å². The number of para-hydroxylation sites is 2. The molecule has 0 saturated carbocycles. The second-order valence-corrected chi connectivity index (χ2v) is 6.02. The molecule has 0 radical (unpaired) electrons. The van der Waals surface area contributed by atoms with Crippen LogP contribution in [0.15, 0.2) is 61.2 Å². The second kappa shape index (κ2) is 6.79. The minimum absolute atomic E-state index is 0.0593. The van der Waals surface area contributed by atoms with Crippen molar-refractivity contribution in [1.82, 2.24) is 24.3 Å². The van der Waals surface area contributed by atoms with E-state index in [1.807, 2.05) is 49.5 Å². The summed E-state index contributed by atoms with van der Waals surface area (Å²) >= 11 is 0. The van der Waals surface area contributed by atoms with E-state index >= 15 is 0 Å². The number of hydrogen-bond acceptors (Lipinski definition) is 4. The minimum atomic E-state index is -0.0593. The first-order valence-electron chi connectivity index (χ1n) is 8.35. The summed E-state index contributed by atoms with van der Waals surface area (Å²) in [4.78, 5) is 20.6. The zero-order valence-electron chi connectivity index (χ0n) is 14.3. The number of fused-ring (bicyclic) bond motifs is 1. The fraction of sp³-hybridized carbons (Fsp3) is 0.158. The third kappa shape index (κ3) is 3.19. The standard InChI is InChI=1S/C19H18N6O/c1-24-17-5-3-2-4-16(17)23-19(24)14-6-8-15(9-7-14)22-18(26)10-11-25-13-20-12-21-25/h2-9,12-13H,10-11H2,1H3,(H,22,26). The molecule has 2 aromatic carbocycles. The number of imidazole rings is 1. The Balaban J connectivity index is 1.46. The van der Waals surface area contributed by atoms with Crippen LogP contribution in [0.3, 0.4) is 0 Å². The Morgan fingerprint density at radius 2 is 1.92 bits per heavy atom. The van der Waals surface area contributed by atoms with Gasteiger partial charge in [0.2, 0.25) is 5.91 Å². The van der Waals surface area contributed by atoms with E-state index in [9.17, 15) is 4.79 Å². The Morgan fingerprint density at radius 1 is 1.12 bits per heavy atom. The number of nitrogens with zero attached hydrogens (tertiary/aromatic N) is 5. The fourth-order valence-corrected chi connectivity index (χ4v) is 2.89. The lowest BCUT2D eigenvalue weighted by Gasteiger charge is -2.07. The normalized spacial score (nSPS) is 11.0. The van der Waals surface area contributed by atoms with Crippen molar-refractivity contribution in [2.24, 2.45) is 7.05 Å². The van der Waals surface area contributed by atoms with Crippen LogP contribution in [0.4, 0.5) is 5.69 Å². The summed E-state index contributed by atoms with van der Waals surface area (Å²) in [6.45, 7) is 0.504. The van der Waals surface area contributed by atoms with E-state index < -0.39 is 0 Å². The van der Waals surface area contributed by atoms with Crippen LogP contribution >= 0.6 is 0 Å². The van der Waals surface area contributed by atoms with Crippen molar-refractivity contribution in [1.29, 1.82) is 0 Å². The summed E-state index contributed by atoms with van der Waals surface area (Å²) in [5.41, 5.74) is 3.82. The van der Waals surface area contributed by atoms with Crippen molar-refractivity contribution in [2.75, 3.05) is 5.32 Å². The van der Waals surface area contributed by atoms with Gasteiger partial charge < -0.3 is 9.88 Å². The summed E-state index contributed by atoms with van der Waals surface area (Å²) < 4.78 is 3.70. The molecule has 4 aromatic rings. The number of hydrogen-bond donors (Lipinski definition) is 1. The van der Waals surface area contributed by atoms with Crippen LogP contribution in [0.25, 0.3) is 22.4 Å². The fourth-order valence-electron chi connectivity index (χ4n) is 2.89. The number of amides is 1. The molecule has 1 N–H and O–H groups in total. The van der Waals surface area contributed by atoms with Crippen molar-refractivity contribution < 1.29 is 4.79 Å². The quantitative estimate of drug-likeness (QED) is 0.603. The van der Waals surface area contributed by atoms with Crippen LogP contribution < -0.4 is 5.32 Å². The van der Waals surface area contributed by atoms with E-state index in [4.69, 9.17) is 4.98 Å². The van der Waals surface area contributed by atoms with Gasteiger partial charge in [0.25, 0.3) is 0 Å². The molecule has 26 heavy (non-hydrogen) atoms. The average molecular weight is 346 g/mol. The van der Waals surface area contributed by atoms with Gasteiger partial charge in [-0.2, -0.15) is 5.10 Å². The zero-order chi connectivity index (χ0) is 17.9. The maximum atomic E-state index is 12.0. The highest BCUT2D eigenvalue weighted by Crippen LogP contribution is 2.24. The van der Waals surface area contributed by atoms with Crippen molar-refractivity contribution in [3.05, 3.63) is 61.2 Å². The lowest BCUT2D eigenvalue weighted by molar-refractivity contribution is -0.116. The molecule has 0 spiro atoms.